The molecule has 6 nitrogen and oxygen atoms in total. The summed E-state index contributed by atoms with van der Waals surface area (Å²) in [5.74, 6) is 1.29. The summed E-state index contributed by atoms with van der Waals surface area (Å²) >= 11 is 0. The first-order valence-corrected chi connectivity index (χ1v) is 11.9. The van der Waals surface area contributed by atoms with Crippen molar-refractivity contribution < 1.29 is 20.6 Å². The molecule has 1 aliphatic carbocycles. The molecule has 3 atom stereocenters. The minimum atomic E-state index is -4.57. The number of alkyl halides is 3. The first-order valence-electron chi connectivity index (χ1n) is 12.9. The zero-order chi connectivity index (χ0) is 25.7. The molecule has 9 heteroatoms. The number of fused-ring (bicyclic) bond motifs is 1. The van der Waals surface area contributed by atoms with Gasteiger partial charge >= 0.3 is 6.18 Å². The van der Waals surface area contributed by atoms with Crippen LogP contribution >= 0.6 is 0 Å². The Balaban J connectivity index is 1.19. The maximum atomic E-state index is 13.3. The van der Waals surface area contributed by atoms with Crippen LogP contribution in [0.25, 0.3) is 11.3 Å². The summed E-state index contributed by atoms with van der Waals surface area (Å²) in [7, 11) is 0. The van der Waals surface area contributed by atoms with Crippen molar-refractivity contribution >= 4 is 5.82 Å². The molecule has 0 radical (unpaired) electrons. The highest BCUT2D eigenvalue weighted by molar-refractivity contribution is 5.62. The van der Waals surface area contributed by atoms with E-state index in [0.717, 1.165) is 38.5 Å². The van der Waals surface area contributed by atoms with E-state index in [0.29, 0.717) is 30.7 Å². The minimum absolute atomic E-state index is 0.0412. The Labute approximate surface area is 201 Å². The molecule has 1 N–H and O–H groups in total. The summed E-state index contributed by atoms with van der Waals surface area (Å²) in [4.78, 5) is 5.51. The van der Waals surface area contributed by atoms with Gasteiger partial charge < -0.3 is 15.0 Å². The summed E-state index contributed by atoms with van der Waals surface area (Å²) in [5.41, 5.74) is -1.24. The first kappa shape index (κ1) is 21.1. The van der Waals surface area contributed by atoms with Crippen molar-refractivity contribution in [2.75, 3.05) is 31.5 Å². The fraction of sp³-hybridized carbons (Fsp3) is 0.640. The third-order valence-corrected chi connectivity index (χ3v) is 7.18. The number of hydrogen-bond acceptors (Lipinski definition) is 6. The average molecular weight is 478 g/mol. The molecule has 2 unspecified atom stereocenters. The second-order valence-corrected chi connectivity index (χ2v) is 10.4. The van der Waals surface area contributed by atoms with Gasteiger partial charge in [0.1, 0.15) is 5.82 Å². The van der Waals surface area contributed by atoms with Gasteiger partial charge in [0.25, 0.3) is 0 Å². The standard InChI is InChI=1S/C25H32F3N5O/c1-24(2)12-16(7-9-34-24)13-33-14-17-10-19(11-18(17)15-33)30-22-6-5-21(31-32-22)20-4-3-8-29-23(20)25(26,27)28/h3-6,8,16-19H,7,9-15H2,1-2H3,(H,30,32)/t16-,17?,18?,19?/m0/s1/i13D2. The normalized spacial score (nSPS) is 30.5. The molecule has 3 fully saturated rings. The van der Waals surface area contributed by atoms with Gasteiger partial charge in [-0.2, -0.15) is 13.2 Å². The third-order valence-electron chi connectivity index (χ3n) is 7.18. The van der Waals surface area contributed by atoms with E-state index in [1.54, 1.807) is 6.07 Å². The van der Waals surface area contributed by atoms with E-state index in [1.165, 1.54) is 18.2 Å². The maximum absolute atomic E-state index is 13.3. The van der Waals surface area contributed by atoms with Crippen LogP contribution in [0.4, 0.5) is 19.0 Å². The number of ether oxygens (including phenoxy) is 1. The highest BCUT2D eigenvalue weighted by Crippen LogP contribution is 2.40. The number of nitrogens with zero attached hydrogens (tertiary/aromatic N) is 4. The van der Waals surface area contributed by atoms with Gasteiger partial charge in [-0.15, -0.1) is 10.2 Å². The maximum Gasteiger partial charge on any atom is 0.434 e. The zero-order valence-corrected chi connectivity index (χ0v) is 19.5. The molecule has 0 spiro atoms. The Hall–Kier alpha value is -2.26. The predicted octanol–water partition coefficient (Wildman–Crippen LogP) is 4.88. The SMILES string of the molecule is [2H]C([2H])([C@H]1CCOC(C)(C)C1)N1CC2CC(Nc3ccc(-c4cccnc4C(F)(F)F)nn3)CC2C1. The van der Waals surface area contributed by atoms with Crippen molar-refractivity contribution in [2.45, 2.75) is 57.3 Å². The summed E-state index contributed by atoms with van der Waals surface area (Å²) in [5, 5.41) is 11.5. The highest BCUT2D eigenvalue weighted by atomic mass is 19.4. The molecule has 3 aliphatic rings. The molecule has 34 heavy (non-hydrogen) atoms. The van der Waals surface area contributed by atoms with E-state index in [2.05, 4.69) is 20.5 Å². The lowest BCUT2D eigenvalue weighted by Crippen LogP contribution is -2.39. The molecule has 4 heterocycles. The zero-order valence-electron chi connectivity index (χ0n) is 21.5. The first-order chi connectivity index (χ1) is 16.9. The lowest BCUT2D eigenvalue weighted by molar-refractivity contribution is -0.140. The van der Waals surface area contributed by atoms with Crippen LogP contribution in [-0.2, 0) is 10.9 Å². The number of aromatic nitrogens is 3. The van der Waals surface area contributed by atoms with Crippen LogP contribution in [0, 0.1) is 17.8 Å². The fourth-order valence-corrected chi connectivity index (χ4v) is 5.72. The largest absolute Gasteiger partial charge is 0.434 e. The molecule has 0 aromatic carbocycles. The molecule has 2 aromatic heterocycles. The van der Waals surface area contributed by atoms with Crippen LogP contribution in [0.3, 0.4) is 0 Å². The van der Waals surface area contributed by atoms with Gasteiger partial charge in [-0.05, 0) is 81.5 Å². The molecular weight excluding hydrogens is 443 g/mol. The van der Waals surface area contributed by atoms with Crippen LogP contribution in [-0.4, -0.2) is 57.9 Å². The summed E-state index contributed by atoms with van der Waals surface area (Å²) in [6.45, 7) is 4.79. The predicted molar refractivity (Wildman–Crippen MR) is 123 cm³/mol. The number of halogens is 3. The van der Waals surface area contributed by atoms with E-state index >= 15 is 0 Å². The fourth-order valence-electron chi connectivity index (χ4n) is 5.72. The van der Waals surface area contributed by atoms with Crippen molar-refractivity contribution in [3.05, 3.63) is 36.2 Å². The van der Waals surface area contributed by atoms with E-state index in [4.69, 9.17) is 7.48 Å². The Morgan fingerprint density at radius 3 is 2.59 bits per heavy atom. The molecule has 184 valence electrons. The third kappa shape index (κ3) is 5.20. The number of pyridine rings is 1. The van der Waals surface area contributed by atoms with Crippen molar-refractivity contribution in [3.8, 4) is 11.3 Å². The average Bonchev–Trinajstić information content (AvgIpc) is 3.38. The van der Waals surface area contributed by atoms with Gasteiger partial charge in [-0.1, -0.05) is 0 Å². The lowest BCUT2D eigenvalue weighted by atomic mass is 9.88. The minimum Gasteiger partial charge on any atom is -0.376 e. The van der Waals surface area contributed by atoms with Gasteiger partial charge in [0.15, 0.2) is 5.69 Å². The quantitative estimate of drug-likeness (QED) is 0.662. The second-order valence-electron chi connectivity index (χ2n) is 10.4. The number of nitrogens with one attached hydrogen (secondary N) is 1. The number of likely N-dealkylation sites (tertiary alicyclic amines) is 1. The Kier molecular flexibility index (Phi) is 5.62. The number of anilines is 1. The van der Waals surface area contributed by atoms with Crippen molar-refractivity contribution in [2.24, 2.45) is 17.8 Å². The van der Waals surface area contributed by atoms with Crippen LogP contribution in [0.15, 0.2) is 30.5 Å². The van der Waals surface area contributed by atoms with Crippen molar-refractivity contribution in [1.82, 2.24) is 20.1 Å². The topological polar surface area (TPSA) is 63.2 Å². The van der Waals surface area contributed by atoms with Gasteiger partial charge in [-0.3, -0.25) is 4.98 Å². The summed E-state index contributed by atoms with van der Waals surface area (Å²) in [6, 6.07) is 6.16. The Morgan fingerprint density at radius 1 is 1.18 bits per heavy atom. The Bertz CT molecular complexity index is 1070. The summed E-state index contributed by atoms with van der Waals surface area (Å²) < 4.78 is 63.4. The van der Waals surface area contributed by atoms with Crippen LogP contribution in [0.1, 0.15) is 48.0 Å². The lowest BCUT2D eigenvalue weighted by Gasteiger charge is -2.37. The number of hydrogen-bond donors (Lipinski definition) is 1. The molecular formula is C25H32F3N5O. The molecule has 0 bridgehead atoms. The van der Waals surface area contributed by atoms with Gasteiger partial charge in [0, 0.05) is 46.7 Å². The highest BCUT2D eigenvalue weighted by Gasteiger charge is 2.42. The van der Waals surface area contributed by atoms with E-state index in [-0.39, 0.29) is 28.8 Å². The van der Waals surface area contributed by atoms with E-state index < -0.39 is 18.4 Å². The number of rotatable bonds is 5. The second kappa shape index (κ2) is 9.07. The van der Waals surface area contributed by atoms with Crippen molar-refractivity contribution in [1.29, 1.82) is 0 Å². The molecule has 2 aliphatic heterocycles. The Morgan fingerprint density at radius 2 is 1.94 bits per heavy atom. The molecule has 2 aromatic rings. The van der Waals surface area contributed by atoms with Gasteiger partial charge in [0.2, 0.25) is 0 Å². The van der Waals surface area contributed by atoms with Crippen LogP contribution < -0.4 is 5.32 Å². The molecule has 2 saturated heterocycles. The van der Waals surface area contributed by atoms with Crippen molar-refractivity contribution in [3.63, 3.8) is 0 Å². The molecule has 1 saturated carbocycles. The van der Waals surface area contributed by atoms with E-state index in [1.807, 2.05) is 18.7 Å². The van der Waals surface area contributed by atoms with E-state index in [9.17, 15) is 13.2 Å². The molecule has 0 amide bonds. The monoisotopic (exact) mass is 477 g/mol. The van der Waals surface area contributed by atoms with Crippen LogP contribution in [0.5, 0.6) is 0 Å². The smallest absolute Gasteiger partial charge is 0.376 e. The van der Waals surface area contributed by atoms with Gasteiger partial charge in [-0.25, -0.2) is 0 Å². The van der Waals surface area contributed by atoms with Gasteiger partial charge in [0.05, 0.1) is 11.3 Å². The summed E-state index contributed by atoms with van der Waals surface area (Å²) in [6.07, 6.45) is -0.189. The van der Waals surface area contributed by atoms with Crippen LogP contribution in [0.2, 0.25) is 0 Å². The molecule has 5 rings (SSSR count).